The Hall–Kier alpha value is -2.40. The molecule has 4 heterocycles. The third-order valence-electron chi connectivity index (χ3n) is 8.86. The Bertz CT molecular complexity index is 981. The van der Waals surface area contributed by atoms with Crippen LogP contribution in [0.3, 0.4) is 0 Å². The molecule has 3 saturated heterocycles. The number of alkyl halides is 3. The Morgan fingerprint density at radius 1 is 1.05 bits per heavy atom. The van der Waals surface area contributed by atoms with Crippen molar-refractivity contribution < 1.29 is 27.5 Å². The molecule has 0 atom stereocenters. The van der Waals surface area contributed by atoms with Crippen molar-refractivity contribution in [3.63, 3.8) is 0 Å². The zero-order valence-electron chi connectivity index (χ0n) is 21.8. The highest BCUT2D eigenvalue weighted by Gasteiger charge is 2.47. The summed E-state index contributed by atoms with van der Waals surface area (Å²) in [6, 6.07) is 2.70. The lowest BCUT2D eigenvalue weighted by Gasteiger charge is -2.38. The van der Waals surface area contributed by atoms with Gasteiger partial charge in [-0.05, 0) is 56.1 Å². The predicted octanol–water partition coefficient (Wildman–Crippen LogP) is 3.64. The number of ether oxygens (including phenoxy) is 1. The van der Waals surface area contributed by atoms with E-state index in [0.29, 0.717) is 51.5 Å². The van der Waals surface area contributed by atoms with E-state index in [1.165, 1.54) is 12.3 Å². The third-order valence-corrected chi connectivity index (χ3v) is 8.86. The topological polar surface area (TPSA) is 92.0 Å². The molecule has 3 aliphatic heterocycles. The van der Waals surface area contributed by atoms with E-state index in [4.69, 9.17) is 10.5 Å². The van der Waals surface area contributed by atoms with Crippen molar-refractivity contribution in [2.24, 2.45) is 17.6 Å². The molecule has 210 valence electrons. The van der Waals surface area contributed by atoms with E-state index in [1.54, 1.807) is 0 Å². The molecule has 1 aromatic heterocycles. The molecule has 0 bridgehead atoms. The second kappa shape index (κ2) is 11.0. The van der Waals surface area contributed by atoms with Crippen LogP contribution in [0.15, 0.2) is 18.3 Å². The molecule has 1 spiro atoms. The number of hydrogen-bond donors (Lipinski definition) is 1. The molecule has 0 aromatic carbocycles. The fourth-order valence-corrected chi connectivity index (χ4v) is 6.44. The molecule has 1 aliphatic carbocycles. The molecule has 2 N–H and O–H groups in total. The van der Waals surface area contributed by atoms with Gasteiger partial charge >= 0.3 is 12.3 Å². The summed E-state index contributed by atoms with van der Waals surface area (Å²) < 4.78 is 44.2. The minimum absolute atomic E-state index is 0.0849. The van der Waals surface area contributed by atoms with Gasteiger partial charge in [0, 0.05) is 70.3 Å². The average molecular weight is 538 g/mol. The number of likely N-dealkylation sites (tertiary alicyclic amines) is 2. The average Bonchev–Trinajstić information content (AvgIpc) is 3.20. The molecule has 2 amide bonds. The molecular formula is C27H38F3N5O3. The van der Waals surface area contributed by atoms with Gasteiger partial charge in [0.2, 0.25) is 5.91 Å². The number of halogens is 3. The van der Waals surface area contributed by atoms with Crippen LogP contribution in [-0.4, -0.2) is 82.6 Å². The molecule has 38 heavy (non-hydrogen) atoms. The fraction of sp³-hybridized carbons (Fsp3) is 0.741. The number of nitrogens with two attached hydrogens (primary N) is 1. The maximum absolute atomic E-state index is 12.9. The summed E-state index contributed by atoms with van der Waals surface area (Å²) >= 11 is 0. The first-order valence-corrected chi connectivity index (χ1v) is 13.9. The molecule has 8 nitrogen and oxygen atoms in total. The largest absolute Gasteiger partial charge is 0.441 e. The number of piperidine rings is 2. The third kappa shape index (κ3) is 6.25. The van der Waals surface area contributed by atoms with E-state index in [9.17, 15) is 22.8 Å². The van der Waals surface area contributed by atoms with Crippen molar-refractivity contribution in [1.29, 1.82) is 0 Å². The van der Waals surface area contributed by atoms with Gasteiger partial charge in [0.25, 0.3) is 0 Å². The fourth-order valence-electron chi connectivity index (χ4n) is 6.44. The Kier molecular flexibility index (Phi) is 7.86. The number of aromatic nitrogens is 1. The summed E-state index contributed by atoms with van der Waals surface area (Å²) in [6.07, 6.45) is 3.37. The van der Waals surface area contributed by atoms with Crippen molar-refractivity contribution >= 4 is 12.0 Å². The Morgan fingerprint density at radius 2 is 1.74 bits per heavy atom. The Labute approximate surface area is 221 Å². The monoisotopic (exact) mass is 537 g/mol. The van der Waals surface area contributed by atoms with E-state index in [0.717, 1.165) is 63.2 Å². The second-order valence-electron chi connectivity index (χ2n) is 11.6. The summed E-state index contributed by atoms with van der Waals surface area (Å²) in [4.78, 5) is 35.2. The number of pyridine rings is 1. The normalized spacial score (nSPS) is 27.1. The van der Waals surface area contributed by atoms with Crippen LogP contribution in [0.2, 0.25) is 0 Å². The van der Waals surface area contributed by atoms with Crippen molar-refractivity contribution in [3.8, 4) is 0 Å². The minimum atomic E-state index is -4.44. The quantitative estimate of drug-likeness (QED) is 0.617. The molecule has 0 radical (unpaired) electrons. The smallest absolute Gasteiger partial charge is 0.433 e. The van der Waals surface area contributed by atoms with Crippen molar-refractivity contribution in [2.45, 2.75) is 75.7 Å². The zero-order chi connectivity index (χ0) is 26.9. The van der Waals surface area contributed by atoms with Crippen molar-refractivity contribution in [1.82, 2.24) is 19.7 Å². The number of nitrogens with zero attached hydrogens (tertiary/aromatic N) is 4. The van der Waals surface area contributed by atoms with Crippen LogP contribution in [0.5, 0.6) is 0 Å². The summed E-state index contributed by atoms with van der Waals surface area (Å²) in [5.41, 5.74) is 5.33. The standard InChI is InChI=1S/C27H38F3N5O3/c28-27(29,30)23-6-3-20(15-32-23)16-33-13-9-26(10-14-33)18-35(25(37)38-26)17-19-1-4-21(5-2-19)24(36)34-11-7-22(31)8-12-34/h3,6,15,19,21-22H,1-2,4-5,7-14,16-18,31H2/t19-,21-. The zero-order valence-corrected chi connectivity index (χ0v) is 21.8. The number of carbonyl (C=O) groups is 2. The van der Waals surface area contributed by atoms with Gasteiger partial charge in [0.05, 0.1) is 6.54 Å². The SMILES string of the molecule is NC1CCN(C(=O)[C@H]2CC[C@H](CN3CC4(CCN(Cc5ccc(C(F)(F)F)nc5)CC4)OC3=O)CC2)CC1. The van der Waals surface area contributed by atoms with Gasteiger partial charge in [-0.25, -0.2) is 4.79 Å². The highest BCUT2D eigenvalue weighted by atomic mass is 19.4. The maximum Gasteiger partial charge on any atom is 0.433 e. The van der Waals surface area contributed by atoms with E-state index in [1.807, 2.05) is 9.80 Å². The minimum Gasteiger partial charge on any atom is -0.441 e. The summed E-state index contributed by atoms with van der Waals surface area (Å²) in [5.74, 6) is 0.735. The van der Waals surface area contributed by atoms with E-state index in [2.05, 4.69) is 9.88 Å². The van der Waals surface area contributed by atoms with Gasteiger partial charge in [0.15, 0.2) is 0 Å². The molecule has 1 saturated carbocycles. The summed E-state index contributed by atoms with van der Waals surface area (Å²) in [5, 5.41) is 0. The van der Waals surface area contributed by atoms with Crippen LogP contribution in [0.4, 0.5) is 18.0 Å². The van der Waals surface area contributed by atoms with Crippen LogP contribution in [0.25, 0.3) is 0 Å². The highest BCUT2D eigenvalue weighted by molar-refractivity contribution is 5.79. The van der Waals surface area contributed by atoms with Crippen LogP contribution < -0.4 is 5.73 Å². The number of carbonyl (C=O) groups excluding carboxylic acids is 2. The number of amides is 2. The van der Waals surface area contributed by atoms with Crippen molar-refractivity contribution in [3.05, 3.63) is 29.6 Å². The Morgan fingerprint density at radius 3 is 2.34 bits per heavy atom. The van der Waals surface area contributed by atoms with Gasteiger partial charge in [-0.15, -0.1) is 0 Å². The lowest BCUT2D eigenvalue weighted by Crippen LogP contribution is -2.47. The molecular weight excluding hydrogens is 499 g/mol. The van der Waals surface area contributed by atoms with Crippen LogP contribution >= 0.6 is 0 Å². The molecule has 5 rings (SSSR count). The van der Waals surface area contributed by atoms with Crippen LogP contribution in [-0.2, 0) is 22.3 Å². The molecule has 4 fully saturated rings. The lowest BCUT2D eigenvalue weighted by atomic mass is 9.80. The van der Waals surface area contributed by atoms with Gasteiger partial charge in [-0.1, -0.05) is 6.07 Å². The summed E-state index contributed by atoms with van der Waals surface area (Å²) in [7, 11) is 0. The Balaban J connectivity index is 1.05. The number of hydrogen-bond acceptors (Lipinski definition) is 6. The van der Waals surface area contributed by atoms with Crippen molar-refractivity contribution in [2.75, 3.05) is 39.3 Å². The maximum atomic E-state index is 12.9. The van der Waals surface area contributed by atoms with Gasteiger partial charge in [0.1, 0.15) is 11.3 Å². The molecule has 11 heteroatoms. The lowest BCUT2D eigenvalue weighted by molar-refractivity contribution is -0.141. The molecule has 0 unspecified atom stereocenters. The predicted molar refractivity (Wildman–Crippen MR) is 134 cm³/mol. The molecule has 4 aliphatic rings. The van der Waals surface area contributed by atoms with Gasteiger partial charge in [-0.2, -0.15) is 13.2 Å². The van der Waals surface area contributed by atoms with Gasteiger partial charge in [-0.3, -0.25) is 14.7 Å². The summed E-state index contributed by atoms with van der Waals surface area (Å²) in [6.45, 7) is 4.70. The van der Waals surface area contributed by atoms with Gasteiger partial charge < -0.3 is 20.3 Å². The molecule has 1 aromatic rings. The van der Waals surface area contributed by atoms with E-state index >= 15 is 0 Å². The van der Waals surface area contributed by atoms with E-state index in [-0.39, 0.29) is 24.0 Å². The first-order chi connectivity index (χ1) is 18.1. The first kappa shape index (κ1) is 27.2. The van der Waals surface area contributed by atoms with E-state index < -0.39 is 17.5 Å². The highest BCUT2D eigenvalue weighted by Crippen LogP contribution is 2.37. The van der Waals surface area contributed by atoms with Crippen LogP contribution in [0.1, 0.15) is 62.6 Å². The first-order valence-electron chi connectivity index (χ1n) is 13.9. The number of rotatable bonds is 5. The second-order valence-corrected chi connectivity index (χ2v) is 11.6. The van der Waals surface area contributed by atoms with Crippen LogP contribution in [0, 0.1) is 11.8 Å².